The molecule has 4 heterocycles. The Kier molecular flexibility index (Phi) is 3.92. The smallest absolute Gasteiger partial charge is 0.231 e. The lowest BCUT2D eigenvalue weighted by Gasteiger charge is -2.40. The second-order valence-corrected chi connectivity index (χ2v) is 8.29. The van der Waals surface area contributed by atoms with E-state index < -0.39 is 0 Å². The Bertz CT molecular complexity index is 1150. The molecule has 3 aliphatic rings. The maximum Gasteiger partial charge on any atom is 0.231 e. The number of ether oxygens (including phenoxy) is 2. The number of nitrogens with zero attached hydrogens (tertiary/aromatic N) is 2. The van der Waals surface area contributed by atoms with E-state index in [1.54, 1.807) is 6.20 Å². The number of carbonyl (C=O) groups excluding carboxylic acids is 1. The van der Waals surface area contributed by atoms with Gasteiger partial charge in [0.15, 0.2) is 23.1 Å². The van der Waals surface area contributed by atoms with Crippen LogP contribution in [0.4, 0.5) is 0 Å². The van der Waals surface area contributed by atoms with Gasteiger partial charge in [-0.05, 0) is 56.1 Å². The van der Waals surface area contributed by atoms with Crippen molar-refractivity contribution in [3.63, 3.8) is 0 Å². The number of carbonyl (C=O) groups is 1. The molecule has 1 aromatic carbocycles. The summed E-state index contributed by atoms with van der Waals surface area (Å²) in [6.45, 7) is 2.20. The van der Waals surface area contributed by atoms with Crippen LogP contribution in [0.2, 0.25) is 0 Å². The zero-order valence-corrected chi connectivity index (χ0v) is 16.5. The highest BCUT2D eigenvalue weighted by Gasteiger charge is 2.42. The monoisotopic (exact) mass is 402 g/mol. The van der Waals surface area contributed by atoms with E-state index in [1.807, 2.05) is 30.3 Å². The van der Waals surface area contributed by atoms with E-state index in [0.717, 1.165) is 66.3 Å². The number of rotatable bonds is 2. The first-order valence-electron chi connectivity index (χ1n) is 10.4. The van der Waals surface area contributed by atoms with Crippen LogP contribution in [-0.4, -0.2) is 40.6 Å². The number of piperidine rings is 1. The van der Waals surface area contributed by atoms with Gasteiger partial charge in [-0.3, -0.25) is 4.79 Å². The van der Waals surface area contributed by atoms with Crippen LogP contribution in [0.25, 0.3) is 22.8 Å². The van der Waals surface area contributed by atoms with Crippen LogP contribution >= 0.6 is 0 Å². The fourth-order valence-corrected chi connectivity index (χ4v) is 4.92. The molecule has 30 heavy (non-hydrogen) atoms. The lowest BCUT2D eigenvalue weighted by molar-refractivity contribution is 0.0942. The molecule has 1 fully saturated rings. The zero-order valence-electron chi connectivity index (χ0n) is 16.5. The van der Waals surface area contributed by atoms with Crippen molar-refractivity contribution in [2.45, 2.75) is 31.1 Å². The van der Waals surface area contributed by atoms with Gasteiger partial charge < -0.3 is 19.8 Å². The minimum atomic E-state index is 0.0208. The van der Waals surface area contributed by atoms with Gasteiger partial charge in [0.2, 0.25) is 6.79 Å². The minimum Gasteiger partial charge on any atom is -0.454 e. The number of benzene rings is 1. The quantitative estimate of drug-likeness (QED) is 0.682. The summed E-state index contributed by atoms with van der Waals surface area (Å²) in [5, 5.41) is 3.52. The lowest BCUT2D eigenvalue weighted by atomic mass is 9.69. The maximum absolute atomic E-state index is 12.7. The molecule has 152 valence electrons. The molecule has 2 aromatic heterocycles. The average Bonchev–Trinajstić information content (AvgIpc) is 3.45. The van der Waals surface area contributed by atoms with Crippen molar-refractivity contribution in [1.82, 2.24) is 20.3 Å². The van der Waals surface area contributed by atoms with Crippen LogP contribution in [0.15, 0.2) is 36.5 Å². The van der Waals surface area contributed by atoms with Crippen molar-refractivity contribution in [3.8, 4) is 34.3 Å². The molecule has 1 atom stereocenters. The van der Waals surface area contributed by atoms with Crippen molar-refractivity contribution in [1.29, 1.82) is 0 Å². The summed E-state index contributed by atoms with van der Waals surface area (Å²) in [5.74, 6) is 2.26. The second kappa shape index (κ2) is 6.67. The molecule has 7 heteroatoms. The number of fused-ring (bicyclic) bond motifs is 3. The number of hydrogen-bond donors (Lipinski definition) is 2. The third-order valence-corrected chi connectivity index (χ3v) is 6.51. The summed E-state index contributed by atoms with van der Waals surface area (Å²) in [6, 6.07) is 9.55. The van der Waals surface area contributed by atoms with Crippen LogP contribution in [-0.2, 0) is 5.41 Å². The highest BCUT2D eigenvalue weighted by molar-refractivity contribution is 6.00. The molecule has 0 amide bonds. The van der Waals surface area contributed by atoms with Gasteiger partial charge in [0.25, 0.3) is 0 Å². The van der Waals surface area contributed by atoms with E-state index in [2.05, 4.69) is 15.3 Å². The molecule has 0 saturated carbocycles. The van der Waals surface area contributed by atoms with Crippen molar-refractivity contribution in [2.24, 2.45) is 0 Å². The molecule has 1 unspecified atom stereocenters. The maximum atomic E-state index is 12.7. The first-order valence-corrected chi connectivity index (χ1v) is 10.4. The number of hydrogen-bond acceptors (Lipinski definition) is 6. The highest BCUT2D eigenvalue weighted by atomic mass is 16.7. The predicted octanol–water partition coefficient (Wildman–Crippen LogP) is 3.47. The van der Waals surface area contributed by atoms with Crippen molar-refractivity contribution >= 4 is 5.78 Å². The molecular weight excluding hydrogens is 380 g/mol. The number of H-pyrrole nitrogens is 1. The van der Waals surface area contributed by atoms with Crippen LogP contribution < -0.4 is 14.8 Å². The van der Waals surface area contributed by atoms with Crippen LogP contribution in [0, 0.1) is 0 Å². The van der Waals surface area contributed by atoms with E-state index in [4.69, 9.17) is 14.5 Å². The van der Waals surface area contributed by atoms with Gasteiger partial charge in [-0.1, -0.05) is 0 Å². The summed E-state index contributed by atoms with van der Waals surface area (Å²) < 4.78 is 10.9. The normalized spacial score (nSPS) is 22.3. The summed E-state index contributed by atoms with van der Waals surface area (Å²) in [6.07, 6.45) is 5.49. The zero-order chi connectivity index (χ0) is 20.1. The molecule has 0 radical (unpaired) electrons. The van der Waals surface area contributed by atoms with Gasteiger partial charge in [0, 0.05) is 41.4 Å². The number of ketones is 1. The SMILES string of the molecule is O=C1CCC2(CCCNC2)c2[nH]c(-c3ccnc(-c4ccc5c(c4)OCO5)n3)cc21. The summed E-state index contributed by atoms with van der Waals surface area (Å²) in [4.78, 5) is 25.4. The van der Waals surface area contributed by atoms with Crippen LogP contribution in [0.5, 0.6) is 11.5 Å². The van der Waals surface area contributed by atoms with Gasteiger partial charge in [-0.15, -0.1) is 0 Å². The Morgan fingerprint density at radius 2 is 2.00 bits per heavy atom. The van der Waals surface area contributed by atoms with Crippen molar-refractivity contribution in [2.75, 3.05) is 19.9 Å². The minimum absolute atomic E-state index is 0.0208. The molecule has 7 nitrogen and oxygen atoms in total. The number of aromatic nitrogens is 3. The Balaban J connectivity index is 1.40. The number of Topliss-reactive ketones (excluding diaryl/α,β-unsaturated/α-hetero) is 1. The molecular formula is C23H22N4O3. The molecule has 6 rings (SSSR count). The van der Waals surface area contributed by atoms with Crippen LogP contribution in [0.3, 0.4) is 0 Å². The molecule has 1 aliphatic carbocycles. The molecule has 2 N–H and O–H groups in total. The first-order chi connectivity index (χ1) is 14.7. The fourth-order valence-electron chi connectivity index (χ4n) is 4.92. The molecule has 2 aliphatic heterocycles. The highest BCUT2D eigenvalue weighted by Crippen LogP contribution is 2.43. The molecule has 1 spiro atoms. The fraction of sp³-hybridized carbons (Fsp3) is 0.348. The summed E-state index contributed by atoms with van der Waals surface area (Å²) in [5.41, 5.74) is 4.42. The third-order valence-electron chi connectivity index (χ3n) is 6.51. The van der Waals surface area contributed by atoms with Gasteiger partial charge in [-0.25, -0.2) is 9.97 Å². The Morgan fingerprint density at radius 3 is 2.90 bits per heavy atom. The summed E-state index contributed by atoms with van der Waals surface area (Å²) >= 11 is 0. The standard InChI is InChI=1S/C23H22N4O3/c28-18-4-7-23(6-1-8-24-12-23)21-15(18)11-17(26-21)16-5-9-25-22(27-16)14-2-3-19-20(10-14)30-13-29-19/h2-3,5,9-11,24,26H,1,4,6-8,12-13H2. The lowest BCUT2D eigenvalue weighted by Crippen LogP contribution is -2.46. The van der Waals surface area contributed by atoms with Gasteiger partial charge in [0.05, 0.1) is 11.4 Å². The van der Waals surface area contributed by atoms with Gasteiger partial charge in [0.1, 0.15) is 0 Å². The Labute approximate surface area is 173 Å². The molecule has 3 aromatic rings. The summed E-state index contributed by atoms with van der Waals surface area (Å²) in [7, 11) is 0. The first kappa shape index (κ1) is 17.7. The van der Waals surface area contributed by atoms with E-state index in [0.29, 0.717) is 18.0 Å². The predicted molar refractivity (Wildman–Crippen MR) is 111 cm³/mol. The largest absolute Gasteiger partial charge is 0.454 e. The van der Waals surface area contributed by atoms with E-state index in [1.165, 1.54) is 0 Å². The number of nitrogens with one attached hydrogen (secondary N) is 2. The molecule has 1 saturated heterocycles. The van der Waals surface area contributed by atoms with E-state index in [-0.39, 0.29) is 18.0 Å². The van der Waals surface area contributed by atoms with Crippen molar-refractivity contribution < 1.29 is 14.3 Å². The van der Waals surface area contributed by atoms with Crippen LogP contribution in [0.1, 0.15) is 41.7 Å². The number of aromatic amines is 1. The van der Waals surface area contributed by atoms with Gasteiger partial charge in [-0.2, -0.15) is 0 Å². The topological polar surface area (TPSA) is 89.1 Å². The average molecular weight is 402 g/mol. The molecule has 0 bridgehead atoms. The third kappa shape index (κ3) is 2.73. The van der Waals surface area contributed by atoms with Gasteiger partial charge >= 0.3 is 0 Å². The van der Waals surface area contributed by atoms with E-state index in [9.17, 15) is 4.79 Å². The Hall–Kier alpha value is -3.19. The second-order valence-electron chi connectivity index (χ2n) is 8.29. The van der Waals surface area contributed by atoms with Crippen molar-refractivity contribution in [3.05, 3.63) is 47.8 Å². The Morgan fingerprint density at radius 1 is 1.07 bits per heavy atom. The van der Waals surface area contributed by atoms with E-state index >= 15 is 0 Å².